The fraction of sp³-hybridized carbons (Fsp3) is 0.800. The van der Waals surface area contributed by atoms with Crippen molar-refractivity contribution in [3.8, 4) is 0 Å². The lowest BCUT2D eigenvalue weighted by Gasteiger charge is -2.36. The van der Waals surface area contributed by atoms with Crippen LogP contribution >= 0.6 is 0 Å². The van der Waals surface area contributed by atoms with Crippen molar-refractivity contribution in [1.29, 1.82) is 0 Å². The molecular weight excluding hydrogens is 198 g/mol. The molecule has 1 unspecified atom stereocenters. The maximum Gasteiger partial charge on any atom is 0.310 e. The number of rotatable bonds is 1. The van der Waals surface area contributed by atoms with Gasteiger partial charge in [-0.15, -0.1) is 0 Å². The summed E-state index contributed by atoms with van der Waals surface area (Å²) in [5, 5.41) is 8.92. The van der Waals surface area contributed by atoms with E-state index in [-0.39, 0.29) is 19.1 Å². The highest BCUT2D eigenvalue weighted by atomic mass is 16.5. The summed E-state index contributed by atoms with van der Waals surface area (Å²) in [6.45, 7) is 5.96. The second kappa shape index (κ2) is 4.18. The highest BCUT2D eigenvalue weighted by Gasteiger charge is 2.36. The van der Waals surface area contributed by atoms with E-state index in [1.165, 1.54) is 6.92 Å². The van der Waals surface area contributed by atoms with Crippen LogP contribution in [0.25, 0.3) is 0 Å². The van der Waals surface area contributed by atoms with E-state index in [4.69, 9.17) is 9.84 Å². The molecule has 0 saturated carbocycles. The fourth-order valence-electron chi connectivity index (χ4n) is 1.75. The minimum atomic E-state index is -0.918. The van der Waals surface area contributed by atoms with Gasteiger partial charge in [0, 0.05) is 13.5 Å². The largest absolute Gasteiger partial charge is 0.481 e. The Labute approximate surface area is 89.0 Å². The first-order chi connectivity index (χ1) is 6.84. The zero-order valence-electron chi connectivity index (χ0n) is 9.32. The maximum atomic E-state index is 11.4. The highest BCUT2D eigenvalue weighted by molar-refractivity contribution is 5.76. The summed E-state index contributed by atoms with van der Waals surface area (Å²) >= 11 is 0. The van der Waals surface area contributed by atoms with Gasteiger partial charge in [0.05, 0.1) is 24.7 Å². The van der Waals surface area contributed by atoms with Crippen LogP contribution in [0.2, 0.25) is 0 Å². The number of carboxylic acid groups (broad SMARTS) is 1. The highest BCUT2D eigenvalue weighted by Crippen LogP contribution is 2.21. The van der Waals surface area contributed by atoms with Crippen LogP contribution in [0.4, 0.5) is 0 Å². The lowest BCUT2D eigenvalue weighted by molar-refractivity contribution is -0.144. The number of amides is 1. The summed E-state index contributed by atoms with van der Waals surface area (Å²) in [5.41, 5.74) is -0.434. The second-order valence-electron chi connectivity index (χ2n) is 4.49. The van der Waals surface area contributed by atoms with Crippen molar-refractivity contribution in [1.82, 2.24) is 4.90 Å². The number of ether oxygens (including phenoxy) is 1. The summed E-state index contributed by atoms with van der Waals surface area (Å²) in [5.74, 6) is -1.66. The van der Waals surface area contributed by atoms with Gasteiger partial charge < -0.3 is 14.7 Å². The van der Waals surface area contributed by atoms with E-state index in [2.05, 4.69) is 0 Å². The van der Waals surface area contributed by atoms with E-state index in [1.54, 1.807) is 4.90 Å². The van der Waals surface area contributed by atoms with E-state index in [1.807, 2.05) is 13.8 Å². The third-order valence-corrected chi connectivity index (χ3v) is 2.64. The predicted molar refractivity (Wildman–Crippen MR) is 53.4 cm³/mol. The third-order valence-electron chi connectivity index (χ3n) is 2.64. The van der Waals surface area contributed by atoms with Crippen LogP contribution in [-0.2, 0) is 14.3 Å². The molecule has 1 fully saturated rings. The average Bonchev–Trinajstić information content (AvgIpc) is 2.23. The molecule has 1 aliphatic rings. The average molecular weight is 215 g/mol. The van der Waals surface area contributed by atoms with Gasteiger partial charge in [-0.3, -0.25) is 9.59 Å². The van der Waals surface area contributed by atoms with Crippen molar-refractivity contribution in [3.05, 3.63) is 0 Å². The third kappa shape index (κ3) is 2.68. The van der Waals surface area contributed by atoms with Crippen molar-refractivity contribution < 1.29 is 19.4 Å². The molecule has 0 aromatic carbocycles. The molecule has 5 nitrogen and oxygen atoms in total. The van der Waals surface area contributed by atoms with Crippen LogP contribution in [0.5, 0.6) is 0 Å². The van der Waals surface area contributed by atoms with Crippen LogP contribution < -0.4 is 0 Å². The van der Waals surface area contributed by atoms with Gasteiger partial charge in [-0.2, -0.15) is 0 Å². The molecule has 1 saturated heterocycles. The van der Waals surface area contributed by atoms with E-state index in [0.717, 1.165) is 0 Å². The summed E-state index contributed by atoms with van der Waals surface area (Å²) in [6.07, 6.45) is 0. The lowest BCUT2D eigenvalue weighted by atomic mass is 10.0. The Hall–Kier alpha value is -1.10. The SMILES string of the molecule is CC(=O)N1CC(C(=O)O)COCC1(C)C. The van der Waals surface area contributed by atoms with Gasteiger partial charge in [-0.25, -0.2) is 0 Å². The Kier molecular flexibility index (Phi) is 3.34. The second-order valence-corrected chi connectivity index (χ2v) is 4.49. The van der Waals surface area contributed by atoms with Crippen LogP contribution in [0.3, 0.4) is 0 Å². The summed E-state index contributed by atoms with van der Waals surface area (Å²) in [7, 11) is 0. The summed E-state index contributed by atoms with van der Waals surface area (Å²) < 4.78 is 5.29. The van der Waals surface area contributed by atoms with E-state index in [0.29, 0.717) is 6.61 Å². The van der Waals surface area contributed by atoms with Crippen LogP contribution in [0.1, 0.15) is 20.8 Å². The Balaban J connectivity index is 2.86. The Morgan fingerprint density at radius 2 is 2.07 bits per heavy atom. The van der Waals surface area contributed by atoms with Gasteiger partial charge in [-0.05, 0) is 13.8 Å². The van der Waals surface area contributed by atoms with Crippen molar-refractivity contribution >= 4 is 11.9 Å². The van der Waals surface area contributed by atoms with E-state index < -0.39 is 17.4 Å². The standard InChI is InChI=1S/C10H17NO4/c1-7(12)11-4-8(9(13)14)5-15-6-10(11,2)3/h8H,4-6H2,1-3H3,(H,13,14). The van der Waals surface area contributed by atoms with Crippen molar-refractivity contribution in [2.24, 2.45) is 5.92 Å². The summed E-state index contributed by atoms with van der Waals surface area (Å²) in [4.78, 5) is 23.8. The molecule has 15 heavy (non-hydrogen) atoms. The molecule has 0 bridgehead atoms. The predicted octanol–water partition coefficient (Wildman–Crippen LogP) is 0.345. The normalized spacial score (nSPS) is 25.8. The zero-order valence-corrected chi connectivity index (χ0v) is 9.32. The molecule has 5 heteroatoms. The number of hydrogen-bond acceptors (Lipinski definition) is 3. The molecule has 1 rings (SSSR count). The molecule has 0 aromatic rings. The Bertz CT molecular complexity index is 275. The van der Waals surface area contributed by atoms with Crippen molar-refractivity contribution in [3.63, 3.8) is 0 Å². The number of carboxylic acids is 1. The first-order valence-electron chi connectivity index (χ1n) is 4.93. The van der Waals surface area contributed by atoms with Gasteiger partial charge in [-0.1, -0.05) is 0 Å². The quantitative estimate of drug-likeness (QED) is 0.685. The first kappa shape index (κ1) is 12.0. The van der Waals surface area contributed by atoms with E-state index in [9.17, 15) is 9.59 Å². The van der Waals surface area contributed by atoms with Gasteiger partial charge in [0.1, 0.15) is 0 Å². The van der Waals surface area contributed by atoms with Gasteiger partial charge in [0.25, 0.3) is 0 Å². The number of hydrogen-bond donors (Lipinski definition) is 1. The number of nitrogens with zero attached hydrogens (tertiary/aromatic N) is 1. The first-order valence-corrected chi connectivity index (χ1v) is 4.93. The van der Waals surface area contributed by atoms with E-state index >= 15 is 0 Å². The lowest BCUT2D eigenvalue weighted by Crippen LogP contribution is -2.50. The maximum absolute atomic E-state index is 11.4. The molecule has 0 radical (unpaired) electrons. The molecule has 1 N–H and O–H groups in total. The molecule has 0 aromatic heterocycles. The smallest absolute Gasteiger partial charge is 0.310 e. The monoisotopic (exact) mass is 215 g/mol. The Morgan fingerprint density at radius 1 is 1.47 bits per heavy atom. The fourth-order valence-corrected chi connectivity index (χ4v) is 1.75. The minimum absolute atomic E-state index is 0.114. The molecule has 1 aliphatic heterocycles. The minimum Gasteiger partial charge on any atom is -0.481 e. The van der Waals surface area contributed by atoms with Gasteiger partial charge in [0.2, 0.25) is 5.91 Å². The molecule has 0 spiro atoms. The van der Waals surface area contributed by atoms with Crippen molar-refractivity contribution in [2.75, 3.05) is 19.8 Å². The van der Waals surface area contributed by atoms with Crippen LogP contribution in [0, 0.1) is 5.92 Å². The van der Waals surface area contributed by atoms with Gasteiger partial charge in [0.15, 0.2) is 0 Å². The van der Waals surface area contributed by atoms with Crippen molar-refractivity contribution in [2.45, 2.75) is 26.3 Å². The van der Waals surface area contributed by atoms with Crippen LogP contribution in [-0.4, -0.2) is 47.2 Å². The summed E-state index contributed by atoms with van der Waals surface area (Å²) in [6, 6.07) is 0. The molecule has 1 heterocycles. The number of carbonyl (C=O) groups excluding carboxylic acids is 1. The molecular formula is C10H17NO4. The van der Waals surface area contributed by atoms with Gasteiger partial charge >= 0.3 is 5.97 Å². The molecule has 0 aliphatic carbocycles. The number of aliphatic carboxylic acids is 1. The molecule has 86 valence electrons. The van der Waals surface area contributed by atoms with Crippen LogP contribution in [0.15, 0.2) is 0 Å². The topological polar surface area (TPSA) is 66.8 Å². The number of carbonyl (C=O) groups is 2. The Morgan fingerprint density at radius 3 is 2.53 bits per heavy atom. The molecule has 1 atom stereocenters. The zero-order chi connectivity index (χ0) is 11.6. The molecule has 1 amide bonds.